The molecule has 0 rings (SSSR count). The van der Waals surface area contributed by atoms with E-state index in [1.165, 1.54) is 0 Å². The van der Waals surface area contributed by atoms with Crippen molar-refractivity contribution in [3.63, 3.8) is 0 Å². The third-order valence-corrected chi connectivity index (χ3v) is 2.02. The van der Waals surface area contributed by atoms with Crippen LogP contribution in [0.25, 0.3) is 0 Å². The van der Waals surface area contributed by atoms with Gasteiger partial charge in [-0.1, -0.05) is 20.8 Å². The van der Waals surface area contributed by atoms with E-state index in [0.29, 0.717) is 19.4 Å². The van der Waals surface area contributed by atoms with Crippen LogP contribution in [0.1, 0.15) is 33.6 Å². The first-order valence-corrected chi connectivity index (χ1v) is 4.18. The maximum atomic E-state index is 11.3. The molecule has 4 heteroatoms. The van der Waals surface area contributed by atoms with Crippen molar-refractivity contribution in [2.45, 2.75) is 33.6 Å². The molecule has 0 atom stereocenters. The van der Waals surface area contributed by atoms with Gasteiger partial charge in [-0.15, -0.1) is 0 Å². The van der Waals surface area contributed by atoms with Crippen molar-refractivity contribution in [2.75, 3.05) is 6.54 Å². The second-order valence-electron chi connectivity index (χ2n) is 3.44. The van der Waals surface area contributed by atoms with Crippen molar-refractivity contribution >= 4 is 12.2 Å². The minimum absolute atomic E-state index is 0. The first-order valence-electron chi connectivity index (χ1n) is 4.18. The molecule has 3 nitrogen and oxygen atoms in total. The van der Waals surface area contributed by atoms with Gasteiger partial charge in [-0.25, -0.2) is 0 Å². The van der Waals surface area contributed by atoms with Gasteiger partial charge in [-0.05, 0) is 13.0 Å². The predicted molar refractivity (Wildman–Crippen MR) is 47.4 cm³/mol. The van der Waals surface area contributed by atoms with Crippen LogP contribution < -0.4 is 5.32 Å². The number of nitrogens with one attached hydrogen (secondary N) is 1. The minimum atomic E-state index is -0.321. The summed E-state index contributed by atoms with van der Waals surface area (Å²) in [7, 11) is 0. The summed E-state index contributed by atoms with van der Waals surface area (Å²) in [5, 5.41) is 2.43. The molecule has 0 unspecified atom stereocenters. The molecule has 0 aromatic rings. The molecule has 82 valence electrons. The van der Waals surface area contributed by atoms with Gasteiger partial charge in [0, 0.05) is 11.8 Å². The van der Waals surface area contributed by atoms with Gasteiger partial charge < -0.3 is 10.1 Å². The van der Waals surface area contributed by atoms with Crippen LogP contribution in [0.15, 0.2) is 0 Å². The average Bonchev–Trinajstić information content (AvgIpc) is 2.03. The monoisotopic (exact) mass is 427 g/mol. The fourth-order valence-electron chi connectivity index (χ4n) is 1.04. The van der Waals surface area contributed by atoms with Crippen LogP contribution in [0.3, 0.4) is 0 Å². The van der Waals surface area contributed by atoms with E-state index in [-0.39, 0.29) is 11.2 Å². The second kappa shape index (κ2) is 5.75. The number of hydrogen-bond donors (Lipinski definition) is 1. The normalized spacial score (nSPS) is 10.1. The summed E-state index contributed by atoms with van der Waals surface area (Å²) < 4.78 is 0. The molecule has 1 amide bonds. The Morgan fingerprint density at radius 2 is 2.00 bits per heavy atom. The van der Waals surface area contributed by atoms with Crippen molar-refractivity contribution in [1.82, 2.24) is 5.32 Å². The maximum absolute atomic E-state index is 11.3. The van der Waals surface area contributed by atoms with Gasteiger partial charge in [0.15, 0.2) is 0 Å². The van der Waals surface area contributed by atoms with Crippen LogP contribution in [-0.4, -0.2) is 18.7 Å². The molecule has 0 saturated carbocycles. The topological polar surface area (TPSA) is 46.2 Å². The van der Waals surface area contributed by atoms with Gasteiger partial charge in [0.1, 0.15) is 5.78 Å². The predicted octanol–water partition coefficient (Wildman–Crippen LogP) is 1.04. The molecule has 0 aromatic heterocycles. The standard InChI is InChI=1S/C9H16NO2.Fm/c1-4-8(12)9(2,3)5-6-10-7-11;/h4-6H2,1-3H3,(H,10,11);/q-1;. The number of ketones is 1. The Labute approximate surface area is 73.5 Å². The number of rotatable bonds is 6. The molecule has 0 saturated heterocycles. The largest absolute Gasteiger partial charge is 0.530 e. The summed E-state index contributed by atoms with van der Waals surface area (Å²) in [6, 6.07) is 0. The molecule has 0 aliphatic rings. The number of Topliss-reactive ketones (excluding diaryl/α,β-unsaturated/α-hetero) is 1. The number of carbonyl (C=O) groups is 1. The number of hydrogen-bond acceptors (Lipinski definition) is 2. The molecule has 0 heterocycles. The van der Waals surface area contributed by atoms with E-state index < -0.39 is 0 Å². The summed E-state index contributed by atoms with van der Waals surface area (Å²) in [5.41, 5.74) is -0.321. The first-order chi connectivity index (χ1) is 5.54. The van der Waals surface area contributed by atoms with Crippen LogP contribution in [0, 0.1) is 5.41 Å². The Hall–Kier alpha value is -1.86. The van der Waals surface area contributed by atoms with Crippen molar-refractivity contribution in [3.8, 4) is 0 Å². The van der Waals surface area contributed by atoms with Crippen LogP contribution >= 0.6 is 0 Å². The first kappa shape index (κ1) is 13.7. The van der Waals surface area contributed by atoms with Crippen molar-refractivity contribution < 1.29 is 9.59 Å². The van der Waals surface area contributed by atoms with E-state index >= 15 is 0 Å². The molecule has 0 aliphatic carbocycles. The van der Waals surface area contributed by atoms with Gasteiger partial charge in [0.05, 0.1) is 0 Å². The van der Waals surface area contributed by atoms with Crippen LogP contribution in [0.2, 0.25) is 0 Å². The molecule has 0 spiro atoms. The van der Waals surface area contributed by atoms with Crippen molar-refractivity contribution in [2.24, 2.45) is 5.41 Å². The molecule has 0 aliphatic heterocycles. The van der Waals surface area contributed by atoms with Crippen LogP contribution in [0.4, 0.5) is 0 Å². The number of carbonyl (C=O) groups excluding carboxylic acids is 2. The van der Waals surface area contributed by atoms with Crippen LogP contribution in [-0.2, 0) is 9.59 Å². The number of amides is 1. The van der Waals surface area contributed by atoms with Crippen LogP contribution in [0.5, 0.6) is 0 Å². The summed E-state index contributed by atoms with van der Waals surface area (Å²) in [4.78, 5) is 21.1. The quantitative estimate of drug-likeness (QED) is 0.391. The minimum Gasteiger partial charge on any atom is -0.530 e. The smallest absolute Gasteiger partial charge is 0.138 e. The third kappa shape index (κ3) is 4.56. The fraction of sp³-hybridized carbons (Fsp3) is 0.778. The van der Waals surface area contributed by atoms with Gasteiger partial charge in [-0.2, -0.15) is 6.41 Å². The summed E-state index contributed by atoms with van der Waals surface area (Å²) in [5.74, 6) is 0.232. The Morgan fingerprint density at radius 1 is 1.46 bits per heavy atom. The molecule has 1 N–H and O–H groups in total. The van der Waals surface area contributed by atoms with E-state index in [1.54, 1.807) is 6.41 Å². The Kier molecular flexibility index (Phi) is 6.06. The molecule has 0 aromatic carbocycles. The second-order valence-corrected chi connectivity index (χ2v) is 3.44. The summed E-state index contributed by atoms with van der Waals surface area (Å²) in [6.07, 6.45) is 2.81. The zero-order valence-electron chi connectivity index (χ0n) is 8.23. The fourth-order valence-corrected chi connectivity index (χ4v) is 1.04. The van der Waals surface area contributed by atoms with Gasteiger partial charge in [-0.3, -0.25) is 4.79 Å². The molecule has 0 radical (unpaired) electrons. The SMILES string of the molecule is CCC(=O)C(C)(C)CCN[C-]=O.[Fm]. The molecular weight excluding hydrogens is 411 g/mol. The van der Waals surface area contributed by atoms with Gasteiger partial charge >= 0.3 is 0 Å². The molecule has 13 heavy (non-hydrogen) atoms. The third-order valence-electron chi connectivity index (χ3n) is 2.02. The van der Waals surface area contributed by atoms with Crippen molar-refractivity contribution in [1.29, 1.82) is 0 Å². The molecule has 0 bridgehead atoms. The zero-order chi connectivity index (χ0) is 9.61. The zero-order valence-corrected chi connectivity index (χ0v) is 10.6. The molecule has 0 fully saturated rings. The molecular formula is C9H16FmNO2-. The average molecular weight is 427 g/mol. The van der Waals surface area contributed by atoms with Crippen molar-refractivity contribution in [3.05, 3.63) is 0 Å². The van der Waals surface area contributed by atoms with E-state index in [9.17, 15) is 9.59 Å². The van der Waals surface area contributed by atoms with Gasteiger partial charge in [0.25, 0.3) is 0 Å². The Balaban J connectivity index is 0. The Bertz CT molecular complexity index is 169. The summed E-state index contributed by atoms with van der Waals surface area (Å²) >= 11 is 0. The van der Waals surface area contributed by atoms with E-state index in [1.807, 2.05) is 20.8 Å². The van der Waals surface area contributed by atoms with Gasteiger partial charge in [0.2, 0.25) is 0 Å². The Morgan fingerprint density at radius 3 is 2.38 bits per heavy atom. The van der Waals surface area contributed by atoms with E-state index in [2.05, 4.69) is 5.32 Å². The summed E-state index contributed by atoms with van der Waals surface area (Å²) in [6.45, 7) is 6.15. The van der Waals surface area contributed by atoms with E-state index in [0.717, 1.165) is 0 Å². The maximum Gasteiger partial charge on any atom is 0.138 e. The van der Waals surface area contributed by atoms with E-state index in [4.69, 9.17) is 0 Å².